The van der Waals surface area contributed by atoms with Gasteiger partial charge in [0, 0.05) is 4.92 Å². The van der Waals surface area contributed by atoms with Crippen LogP contribution in [0.5, 0.6) is 0 Å². The summed E-state index contributed by atoms with van der Waals surface area (Å²) in [5.74, 6) is -1.13. The second-order valence-corrected chi connectivity index (χ2v) is 7.49. The summed E-state index contributed by atoms with van der Waals surface area (Å²) in [6, 6.07) is 0. The molecule has 0 radical (unpaired) electrons. The molecule has 2 aliphatic rings. The molecule has 2 aliphatic carbocycles. The Bertz CT molecular complexity index is 477. The lowest BCUT2D eigenvalue weighted by atomic mass is 9.45. The van der Waals surface area contributed by atoms with Gasteiger partial charge in [0.15, 0.2) is 0 Å². The van der Waals surface area contributed by atoms with E-state index in [9.17, 15) is 20.0 Å². The smallest absolute Gasteiger partial charge is 0.307 e. The fourth-order valence-electron chi connectivity index (χ4n) is 4.82. The molecule has 5 nitrogen and oxygen atoms in total. The Balaban J connectivity index is 2.45. The number of hydrogen-bond acceptors (Lipinski definition) is 3. The van der Waals surface area contributed by atoms with Gasteiger partial charge in [-0.25, -0.2) is 0 Å². The standard InChI is InChI=1S/C15H23NO4/c1-9-5-6-10-7-15(11(9)10,8-16(19)20)12(13(17)18)14(2,3)4/h5,10-12H,6-8H2,1-4H3,(H,17,18)/t10-,11-,12?,15+/m0/s1. The quantitative estimate of drug-likeness (QED) is 0.488. The number of rotatable bonds is 4. The predicted molar refractivity (Wildman–Crippen MR) is 74.8 cm³/mol. The molecule has 0 aromatic heterocycles. The summed E-state index contributed by atoms with van der Waals surface area (Å²) in [6.45, 7) is 7.35. The van der Waals surface area contributed by atoms with Gasteiger partial charge in [-0.05, 0) is 37.0 Å². The van der Waals surface area contributed by atoms with Crippen LogP contribution in [0.25, 0.3) is 0 Å². The van der Waals surface area contributed by atoms with Crippen LogP contribution >= 0.6 is 0 Å². The van der Waals surface area contributed by atoms with E-state index in [1.165, 1.54) is 0 Å². The van der Waals surface area contributed by atoms with E-state index in [1.807, 2.05) is 27.7 Å². The van der Waals surface area contributed by atoms with E-state index in [-0.39, 0.29) is 17.4 Å². The fourth-order valence-corrected chi connectivity index (χ4v) is 4.82. The normalized spacial score (nSPS) is 33.9. The molecule has 0 aromatic carbocycles. The van der Waals surface area contributed by atoms with Gasteiger partial charge in [-0.1, -0.05) is 32.4 Å². The molecule has 4 atom stereocenters. The molecular formula is C15H23NO4. The van der Waals surface area contributed by atoms with Crippen molar-refractivity contribution in [3.8, 4) is 0 Å². The van der Waals surface area contributed by atoms with E-state index in [1.54, 1.807) is 0 Å². The largest absolute Gasteiger partial charge is 0.481 e. The Kier molecular flexibility index (Phi) is 3.43. The first-order valence-corrected chi connectivity index (χ1v) is 7.11. The minimum atomic E-state index is -0.905. The van der Waals surface area contributed by atoms with Crippen molar-refractivity contribution in [2.45, 2.75) is 40.5 Å². The summed E-state index contributed by atoms with van der Waals surface area (Å²) >= 11 is 0. The van der Waals surface area contributed by atoms with Gasteiger partial charge < -0.3 is 5.11 Å². The Morgan fingerprint density at radius 1 is 1.60 bits per heavy atom. The van der Waals surface area contributed by atoms with E-state index in [4.69, 9.17) is 0 Å². The summed E-state index contributed by atoms with van der Waals surface area (Å²) in [4.78, 5) is 22.6. The number of aliphatic carboxylic acids is 1. The number of hydrogen-bond donors (Lipinski definition) is 1. The lowest BCUT2D eigenvalue weighted by Crippen LogP contribution is -2.60. The van der Waals surface area contributed by atoms with Gasteiger partial charge in [-0.2, -0.15) is 0 Å². The first-order chi connectivity index (χ1) is 9.09. The second kappa shape index (κ2) is 4.57. The Morgan fingerprint density at radius 2 is 2.20 bits per heavy atom. The molecule has 0 saturated heterocycles. The van der Waals surface area contributed by atoms with Crippen molar-refractivity contribution in [1.82, 2.24) is 0 Å². The average Bonchev–Trinajstić information content (AvgIpc) is 2.49. The third kappa shape index (κ3) is 2.13. The molecule has 0 amide bonds. The zero-order chi connectivity index (χ0) is 15.3. The molecule has 112 valence electrons. The summed E-state index contributed by atoms with van der Waals surface area (Å²) in [6.07, 6.45) is 3.71. The number of allylic oxidation sites excluding steroid dienone is 2. The zero-order valence-electron chi connectivity index (χ0n) is 12.5. The van der Waals surface area contributed by atoms with E-state index in [0.29, 0.717) is 12.3 Å². The molecular weight excluding hydrogens is 258 g/mol. The minimum absolute atomic E-state index is 0.0632. The van der Waals surface area contributed by atoms with Crippen molar-refractivity contribution in [2.24, 2.45) is 28.6 Å². The molecule has 2 rings (SSSR count). The van der Waals surface area contributed by atoms with Gasteiger partial charge in [0.2, 0.25) is 6.54 Å². The summed E-state index contributed by atoms with van der Waals surface area (Å²) in [5.41, 5.74) is -0.0797. The van der Waals surface area contributed by atoms with Crippen LogP contribution in [0.2, 0.25) is 0 Å². The Morgan fingerprint density at radius 3 is 2.60 bits per heavy atom. The molecule has 0 heterocycles. The molecule has 1 N–H and O–H groups in total. The highest BCUT2D eigenvalue weighted by Gasteiger charge is 2.66. The summed E-state index contributed by atoms with van der Waals surface area (Å²) < 4.78 is 0. The van der Waals surface area contributed by atoms with E-state index < -0.39 is 22.7 Å². The number of carboxylic acid groups (broad SMARTS) is 1. The predicted octanol–water partition coefficient (Wildman–Crippen LogP) is 2.98. The first-order valence-electron chi connectivity index (χ1n) is 7.11. The maximum Gasteiger partial charge on any atom is 0.307 e. The van der Waals surface area contributed by atoms with Crippen molar-refractivity contribution < 1.29 is 14.8 Å². The number of carboxylic acids is 1. The highest BCUT2D eigenvalue weighted by Crippen LogP contribution is 2.65. The van der Waals surface area contributed by atoms with Gasteiger partial charge >= 0.3 is 5.97 Å². The van der Waals surface area contributed by atoms with Crippen LogP contribution in [0.4, 0.5) is 0 Å². The Hall–Kier alpha value is -1.39. The zero-order valence-corrected chi connectivity index (χ0v) is 12.5. The van der Waals surface area contributed by atoms with E-state index in [0.717, 1.165) is 12.0 Å². The highest BCUT2D eigenvalue weighted by atomic mass is 16.6. The van der Waals surface area contributed by atoms with Crippen LogP contribution in [-0.2, 0) is 4.79 Å². The Labute approximate surface area is 119 Å². The van der Waals surface area contributed by atoms with Crippen molar-refractivity contribution in [3.63, 3.8) is 0 Å². The third-order valence-electron chi connectivity index (χ3n) is 5.08. The molecule has 0 aromatic rings. The molecule has 1 unspecified atom stereocenters. The van der Waals surface area contributed by atoms with Crippen LogP contribution in [0, 0.1) is 38.7 Å². The number of carbonyl (C=O) groups is 1. The van der Waals surface area contributed by atoms with Gasteiger partial charge in [0.05, 0.1) is 11.3 Å². The van der Waals surface area contributed by atoms with Gasteiger partial charge in [-0.3, -0.25) is 14.9 Å². The lowest BCUT2D eigenvalue weighted by Gasteiger charge is -2.56. The molecule has 20 heavy (non-hydrogen) atoms. The lowest BCUT2D eigenvalue weighted by molar-refractivity contribution is -0.510. The summed E-state index contributed by atoms with van der Waals surface area (Å²) in [5, 5.41) is 20.8. The molecule has 0 spiro atoms. The van der Waals surface area contributed by atoms with Gasteiger partial charge in [-0.15, -0.1) is 0 Å². The van der Waals surface area contributed by atoms with Crippen LogP contribution in [-0.4, -0.2) is 22.5 Å². The van der Waals surface area contributed by atoms with Crippen molar-refractivity contribution in [3.05, 3.63) is 21.8 Å². The fraction of sp³-hybridized carbons (Fsp3) is 0.800. The first kappa shape index (κ1) is 15.0. The molecule has 0 aliphatic heterocycles. The third-order valence-corrected chi connectivity index (χ3v) is 5.08. The van der Waals surface area contributed by atoms with Crippen LogP contribution in [0.3, 0.4) is 0 Å². The SMILES string of the molecule is CC1=CC[C@H]2C[C@](C[N+](=O)[O-])(C(C(=O)O)C(C)(C)C)[C@@H]12. The maximum absolute atomic E-state index is 11.8. The molecule has 0 bridgehead atoms. The molecule has 1 fully saturated rings. The van der Waals surface area contributed by atoms with E-state index in [2.05, 4.69) is 6.08 Å². The van der Waals surface area contributed by atoms with Gasteiger partial charge in [0.1, 0.15) is 0 Å². The monoisotopic (exact) mass is 281 g/mol. The number of fused-ring (bicyclic) bond motifs is 1. The van der Waals surface area contributed by atoms with Crippen molar-refractivity contribution >= 4 is 5.97 Å². The van der Waals surface area contributed by atoms with Crippen LogP contribution in [0.1, 0.15) is 40.5 Å². The molecule has 5 heteroatoms. The number of nitro groups is 1. The van der Waals surface area contributed by atoms with Crippen molar-refractivity contribution in [1.29, 1.82) is 0 Å². The topological polar surface area (TPSA) is 80.4 Å². The van der Waals surface area contributed by atoms with Crippen LogP contribution in [0.15, 0.2) is 11.6 Å². The summed E-state index contributed by atoms with van der Waals surface area (Å²) in [7, 11) is 0. The maximum atomic E-state index is 11.8. The second-order valence-electron chi connectivity index (χ2n) is 7.49. The highest BCUT2D eigenvalue weighted by molar-refractivity contribution is 5.72. The van der Waals surface area contributed by atoms with E-state index >= 15 is 0 Å². The van der Waals surface area contributed by atoms with Crippen molar-refractivity contribution in [2.75, 3.05) is 6.54 Å². The molecule has 1 saturated carbocycles. The number of nitrogens with zero attached hydrogens (tertiary/aromatic N) is 1. The van der Waals surface area contributed by atoms with Crippen LogP contribution < -0.4 is 0 Å². The average molecular weight is 281 g/mol. The minimum Gasteiger partial charge on any atom is -0.481 e. The van der Waals surface area contributed by atoms with Gasteiger partial charge in [0.25, 0.3) is 0 Å².